The van der Waals surface area contributed by atoms with Crippen molar-refractivity contribution in [3.8, 4) is 0 Å². The van der Waals surface area contributed by atoms with Crippen LogP contribution in [-0.4, -0.2) is 18.2 Å². The Morgan fingerprint density at radius 1 is 1.13 bits per heavy atom. The first-order valence-electron chi connectivity index (χ1n) is 7.64. The Labute approximate surface area is 134 Å². The van der Waals surface area contributed by atoms with Crippen LogP contribution in [0.1, 0.15) is 11.1 Å². The van der Waals surface area contributed by atoms with E-state index < -0.39 is 0 Å². The molecule has 4 rings (SSSR count). The molecule has 1 fully saturated rings. The summed E-state index contributed by atoms with van der Waals surface area (Å²) in [7, 11) is 0. The van der Waals surface area contributed by atoms with Crippen LogP contribution >= 0.6 is 0 Å². The van der Waals surface area contributed by atoms with E-state index in [1.165, 1.54) is 6.07 Å². The fourth-order valence-corrected chi connectivity index (χ4v) is 3.15. The highest BCUT2D eigenvalue weighted by Gasteiger charge is 2.41. The number of anilines is 1. The van der Waals surface area contributed by atoms with Crippen LogP contribution in [0.4, 0.5) is 10.1 Å². The number of aromatic nitrogens is 1. The van der Waals surface area contributed by atoms with E-state index in [0.717, 1.165) is 22.2 Å². The Kier molecular flexibility index (Phi) is 3.27. The molecule has 1 saturated heterocycles. The van der Waals surface area contributed by atoms with Gasteiger partial charge in [0.15, 0.2) is 0 Å². The molecule has 2 heterocycles. The highest BCUT2D eigenvalue weighted by atomic mass is 19.1. The van der Waals surface area contributed by atoms with Gasteiger partial charge >= 0.3 is 0 Å². The summed E-state index contributed by atoms with van der Waals surface area (Å²) in [6, 6.07) is 15.2. The minimum absolute atomic E-state index is 0.184. The van der Waals surface area contributed by atoms with Gasteiger partial charge in [0.25, 0.3) is 0 Å². The van der Waals surface area contributed by atoms with Gasteiger partial charge in [0.1, 0.15) is 11.4 Å². The first-order chi connectivity index (χ1) is 11.2. The molecule has 0 unspecified atom stereocenters. The van der Waals surface area contributed by atoms with Gasteiger partial charge < -0.3 is 10.1 Å². The first-order valence-corrected chi connectivity index (χ1v) is 7.64. The Morgan fingerprint density at radius 3 is 2.78 bits per heavy atom. The Morgan fingerprint density at radius 2 is 2.00 bits per heavy atom. The largest absolute Gasteiger partial charge is 0.376 e. The van der Waals surface area contributed by atoms with Crippen LogP contribution < -0.4 is 5.32 Å². The molecule has 0 atom stereocenters. The van der Waals surface area contributed by atoms with E-state index >= 15 is 0 Å². The minimum atomic E-state index is -0.380. The molecule has 1 aliphatic heterocycles. The van der Waals surface area contributed by atoms with Crippen LogP contribution in [0.3, 0.4) is 0 Å². The molecule has 2 aromatic carbocycles. The normalized spacial score (nSPS) is 16.1. The third-order valence-electron chi connectivity index (χ3n) is 4.47. The molecule has 116 valence electrons. The van der Waals surface area contributed by atoms with Crippen LogP contribution in [-0.2, 0) is 10.3 Å². The number of hydrogen-bond donors (Lipinski definition) is 1. The summed E-state index contributed by atoms with van der Waals surface area (Å²) < 4.78 is 19.4. The van der Waals surface area contributed by atoms with Gasteiger partial charge in [0.05, 0.1) is 18.7 Å². The maximum atomic E-state index is 13.9. The van der Waals surface area contributed by atoms with Crippen molar-refractivity contribution in [2.24, 2.45) is 0 Å². The van der Waals surface area contributed by atoms with Crippen molar-refractivity contribution in [2.75, 3.05) is 18.5 Å². The van der Waals surface area contributed by atoms with Crippen LogP contribution in [0.15, 0.2) is 54.7 Å². The fourth-order valence-electron chi connectivity index (χ4n) is 3.15. The second-order valence-corrected chi connectivity index (χ2v) is 6.02. The molecule has 0 bridgehead atoms. The van der Waals surface area contributed by atoms with Gasteiger partial charge in [-0.05, 0) is 42.3 Å². The molecule has 3 nitrogen and oxygen atoms in total. The van der Waals surface area contributed by atoms with E-state index in [2.05, 4.69) is 10.3 Å². The Bertz CT molecular complexity index is 874. The summed E-state index contributed by atoms with van der Waals surface area (Å²) in [6.45, 7) is 2.86. The third kappa shape index (κ3) is 2.35. The highest BCUT2D eigenvalue weighted by molar-refractivity contribution is 5.82. The van der Waals surface area contributed by atoms with Gasteiger partial charge in [-0.3, -0.25) is 4.98 Å². The van der Waals surface area contributed by atoms with E-state index in [9.17, 15) is 4.39 Å². The lowest BCUT2D eigenvalue weighted by molar-refractivity contribution is -0.0451. The van der Waals surface area contributed by atoms with E-state index in [1.54, 1.807) is 12.3 Å². The summed E-state index contributed by atoms with van der Waals surface area (Å²) in [4.78, 5) is 4.39. The molecule has 1 aliphatic rings. The molecule has 0 saturated carbocycles. The number of halogens is 1. The topological polar surface area (TPSA) is 34.2 Å². The van der Waals surface area contributed by atoms with E-state index in [4.69, 9.17) is 4.74 Å². The van der Waals surface area contributed by atoms with Gasteiger partial charge in [-0.2, -0.15) is 0 Å². The second kappa shape index (κ2) is 5.32. The average Bonchev–Trinajstić information content (AvgIpc) is 2.54. The van der Waals surface area contributed by atoms with Gasteiger partial charge in [0.2, 0.25) is 0 Å². The van der Waals surface area contributed by atoms with Gasteiger partial charge in [0, 0.05) is 17.3 Å². The number of rotatable bonds is 3. The zero-order valence-corrected chi connectivity index (χ0v) is 12.8. The number of benzene rings is 2. The minimum Gasteiger partial charge on any atom is -0.376 e. The predicted octanol–water partition coefficient (Wildman–Crippen LogP) is 4.02. The molecule has 1 aromatic heterocycles. The number of fused-ring (bicyclic) bond motifs is 1. The Balaban J connectivity index is 1.73. The number of ether oxygens (including phenoxy) is 1. The van der Waals surface area contributed by atoms with Crippen molar-refractivity contribution in [1.29, 1.82) is 0 Å². The smallest absolute Gasteiger partial charge is 0.126 e. The highest BCUT2D eigenvalue weighted by Crippen LogP contribution is 2.36. The van der Waals surface area contributed by atoms with Crippen LogP contribution in [0.5, 0.6) is 0 Å². The van der Waals surface area contributed by atoms with Crippen molar-refractivity contribution in [2.45, 2.75) is 12.5 Å². The summed E-state index contributed by atoms with van der Waals surface area (Å²) in [5.74, 6) is -0.184. The second-order valence-electron chi connectivity index (χ2n) is 6.02. The van der Waals surface area contributed by atoms with Crippen molar-refractivity contribution in [1.82, 2.24) is 4.98 Å². The third-order valence-corrected chi connectivity index (χ3v) is 4.47. The predicted molar refractivity (Wildman–Crippen MR) is 89.0 cm³/mol. The molecular weight excluding hydrogens is 291 g/mol. The van der Waals surface area contributed by atoms with Crippen LogP contribution in [0, 0.1) is 12.7 Å². The molecule has 3 aromatic rings. The van der Waals surface area contributed by atoms with Crippen molar-refractivity contribution >= 4 is 16.6 Å². The number of nitrogens with one attached hydrogen (secondary N) is 1. The zero-order valence-electron chi connectivity index (χ0n) is 12.8. The van der Waals surface area contributed by atoms with Gasteiger partial charge in [-0.1, -0.05) is 24.3 Å². The SMILES string of the molecule is Cc1c(F)cccc1C1(Nc2ccc3cccnc3c2)COC1. The van der Waals surface area contributed by atoms with Crippen LogP contribution in [0.25, 0.3) is 10.9 Å². The summed E-state index contributed by atoms with van der Waals surface area (Å²) in [6.07, 6.45) is 1.78. The number of pyridine rings is 1. The summed E-state index contributed by atoms with van der Waals surface area (Å²) >= 11 is 0. The summed E-state index contributed by atoms with van der Waals surface area (Å²) in [5, 5.41) is 4.63. The zero-order chi connectivity index (χ0) is 15.9. The monoisotopic (exact) mass is 308 g/mol. The van der Waals surface area contributed by atoms with Crippen LogP contribution in [0.2, 0.25) is 0 Å². The van der Waals surface area contributed by atoms with Crippen molar-refractivity contribution < 1.29 is 9.13 Å². The van der Waals surface area contributed by atoms with Gasteiger partial charge in [-0.15, -0.1) is 0 Å². The summed E-state index contributed by atoms with van der Waals surface area (Å²) in [5.41, 5.74) is 3.13. The number of hydrogen-bond acceptors (Lipinski definition) is 3. The maximum absolute atomic E-state index is 13.9. The Hall–Kier alpha value is -2.46. The molecule has 0 amide bonds. The molecular formula is C19H17FN2O. The fraction of sp³-hybridized carbons (Fsp3) is 0.211. The lowest BCUT2D eigenvalue weighted by atomic mass is 9.84. The number of nitrogens with zero attached hydrogens (tertiary/aromatic N) is 1. The molecule has 0 radical (unpaired) electrons. The van der Waals surface area contributed by atoms with Crippen molar-refractivity contribution in [3.63, 3.8) is 0 Å². The molecule has 4 heteroatoms. The standard InChI is InChI=1S/C19H17FN2O/c1-13-16(5-2-6-17(13)20)19(11-23-12-19)22-15-8-7-14-4-3-9-21-18(14)10-15/h2-10,22H,11-12H2,1H3. The lowest BCUT2D eigenvalue weighted by Gasteiger charge is -2.44. The van der Waals surface area contributed by atoms with Crippen molar-refractivity contribution in [3.05, 3.63) is 71.7 Å². The average molecular weight is 308 g/mol. The maximum Gasteiger partial charge on any atom is 0.126 e. The molecule has 0 spiro atoms. The quantitative estimate of drug-likeness (QED) is 0.793. The molecule has 0 aliphatic carbocycles. The van der Waals surface area contributed by atoms with E-state index in [1.807, 2.05) is 43.3 Å². The lowest BCUT2D eigenvalue weighted by Crippen LogP contribution is -2.53. The van der Waals surface area contributed by atoms with Gasteiger partial charge in [-0.25, -0.2) is 4.39 Å². The molecule has 1 N–H and O–H groups in total. The van der Waals surface area contributed by atoms with E-state index in [0.29, 0.717) is 18.8 Å². The van der Waals surface area contributed by atoms with E-state index in [-0.39, 0.29) is 11.4 Å². The molecule has 23 heavy (non-hydrogen) atoms. The first kappa shape index (κ1) is 14.2.